The average molecular weight is 300 g/mol. The summed E-state index contributed by atoms with van der Waals surface area (Å²) in [5.74, 6) is 0.192. The summed E-state index contributed by atoms with van der Waals surface area (Å²) >= 11 is 0. The predicted molar refractivity (Wildman–Crippen MR) is 83.5 cm³/mol. The summed E-state index contributed by atoms with van der Waals surface area (Å²) in [6, 6.07) is 9.59. The number of amides is 1. The van der Waals surface area contributed by atoms with Crippen LogP contribution in [0.2, 0.25) is 0 Å². The van der Waals surface area contributed by atoms with Crippen LogP contribution < -0.4 is 10.1 Å². The third-order valence-electron chi connectivity index (χ3n) is 3.33. The van der Waals surface area contributed by atoms with Crippen molar-refractivity contribution in [2.45, 2.75) is 13.8 Å². The van der Waals surface area contributed by atoms with Crippen LogP contribution in [0.15, 0.2) is 36.4 Å². The van der Waals surface area contributed by atoms with Crippen LogP contribution in [0.1, 0.15) is 21.5 Å². The number of rotatable bonds is 4. The van der Waals surface area contributed by atoms with E-state index < -0.39 is 4.92 Å². The number of ether oxygens (including phenoxy) is 1. The summed E-state index contributed by atoms with van der Waals surface area (Å²) in [7, 11) is 1.51. The quantitative estimate of drug-likeness (QED) is 0.692. The maximum Gasteiger partial charge on any atom is 0.269 e. The predicted octanol–water partition coefficient (Wildman–Crippen LogP) is 3.47. The molecule has 0 radical (unpaired) electrons. The molecular weight excluding hydrogens is 284 g/mol. The van der Waals surface area contributed by atoms with Crippen molar-refractivity contribution in [2.24, 2.45) is 0 Å². The first-order chi connectivity index (χ1) is 10.4. The van der Waals surface area contributed by atoms with E-state index in [0.717, 1.165) is 5.56 Å². The maximum absolute atomic E-state index is 12.4. The molecule has 0 unspecified atom stereocenters. The summed E-state index contributed by atoms with van der Waals surface area (Å²) in [5.41, 5.74) is 2.41. The number of carbonyl (C=O) groups is 1. The van der Waals surface area contributed by atoms with Gasteiger partial charge < -0.3 is 10.1 Å². The number of methoxy groups -OCH3 is 1. The van der Waals surface area contributed by atoms with Gasteiger partial charge in [-0.05, 0) is 37.1 Å². The van der Waals surface area contributed by atoms with Crippen molar-refractivity contribution in [3.05, 3.63) is 63.2 Å². The smallest absolute Gasteiger partial charge is 0.269 e. The third-order valence-corrected chi connectivity index (χ3v) is 3.33. The molecule has 0 aliphatic carbocycles. The molecule has 2 rings (SSSR count). The minimum absolute atomic E-state index is 0.0105. The highest BCUT2D eigenvalue weighted by atomic mass is 16.6. The van der Waals surface area contributed by atoms with E-state index in [9.17, 15) is 14.9 Å². The number of nitrogens with zero attached hydrogens (tertiary/aromatic N) is 1. The highest BCUT2D eigenvalue weighted by Crippen LogP contribution is 2.26. The van der Waals surface area contributed by atoms with Crippen LogP contribution in [0.4, 0.5) is 11.4 Å². The maximum atomic E-state index is 12.4. The van der Waals surface area contributed by atoms with E-state index in [1.165, 1.54) is 25.3 Å². The highest BCUT2D eigenvalue weighted by Gasteiger charge is 2.16. The first kappa shape index (κ1) is 15.5. The number of nitrogens with one attached hydrogen (secondary N) is 1. The number of hydrogen-bond donors (Lipinski definition) is 1. The molecule has 0 atom stereocenters. The molecule has 6 nitrogen and oxygen atoms in total. The first-order valence-corrected chi connectivity index (χ1v) is 6.64. The molecule has 0 spiro atoms. The molecule has 1 N–H and O–H groups in total. The summed E-state index contributed by atoms with van der Waals surface area (Å²) in [5, 5.41) is 13.5. The van der Waals surface area contributed by atoms with E-state index in [1.807, 2.05) is 13.0 Å². The van der Waals surface area contributed by atoms with Gasteiger partial charge in [-0.3, -0.25) is 14.9 Å². The Bertz CT molecular complexity index is 741. The van der Waals surface area contributed by atoms with Gasteiger partial charge in [0.2, 0.25) is 0 Å². The zero-order valence-corrected chi connectivity index (χ0v) is 12.5. The lowest BCUT2D eigenvalue weighted by Crippen LogP contribution is -2.14. The average Bonchev–Trinajstić information content (AvgIpc) is 2.48. The summed E-state index contributed by atoms with van der Waals surface area (Å²) in [6.45, 7) is 3.56. The second kappa shape index (κ2) is 6.26. The minimum Gasteiger partial charge on any atom is -0.496 e. The molecule has 2 aromatic carbocycles. The normalized spacial score (nSPS) is 10.1. The van der Waals surface area contributed by atoms with Crippen LogP contribution in [0.5, 0.6) is 5.75 Å². The second-order valence-electron chi connectivity index (χ2n) is 4.87. The van der Waals surface area contributed by atoms with E-state index in [1.54, 1.807) is 19.1 Å². The molecule has 0 aliphatic heterocycles. The molecule has 114 valence electrons. The van der Waals surface area contributed by atoms with E-state index in [-0.39, 0.29) is 11.6 Å². The van der Waals surface area contributed by atoms with Crippen LogP contribution in [0.25, 0.3) is 0 Å². The minimum atomic E-state index is -0.470. The van der Waals surface area contributed by atoms with Crippen molar-refractivity contribution in [3.63, 3.8) is 0 Å². The van der Waals surface area contributed by atoms with Crippen LogP contribution in [-0.4, -0.2) is 17.9 Å². The van der Waals surface area contributed by atoms with Gasteiger partial charge in [-0.1, -0.05) is 12.1 Å². The lowest BCUT2D eigenvalue weighted by molar-refractivity contribution is -0.384. The Kier molecular flexibility index (Phi) is 4.41. The molecule has 0 aromatic heterocycles. The number of non-ortho nitro benzene ring substituents is 1. The molecular formula is C16H16N2O4. The lowest BCUT2D eigenvalue weighted by atomic mass is 10.1. The van der Waals surface area contributed by atoms with E-state index in [2.05, 4.69) is 5.32 Å². The van der Waals surface area contributed by atoms with Gasteiger partial charge in [0.15, 0.2) is 0 Å². The van der Waals surface area contributed by atoms with Gasteiger partial charge in [-0.15, -0.1) is 0 Å². The zero-order chi connectivity index (χ0) is 16.3. The monoisotopic (exact) mass is 300 g/mol. The Balaban J connectivity index is 2.30. The van der Waals surface area contributed by atoms with Gasteiger partial charge in [0.25, 0.3) is 11.6 Å². The van der Waals surface area contributed by atoms with Crippen LogP contribution >= 0.6 is 0 Å². The number of hydrogen-bond acceptors (Lipinski definition) is 4. The lowest BCUT2D eigenvalue weighted by Gasteiger charge is -2.12. The van der Waals surface area contributed by atoms with Crippen LogP contribution in [-0.2, 0) is 0 Å². The fraction of sp³-hybridized carbons (Fsp3) is 0.188. The van der Waals surface area contributed by atoms with E-state index in [4.69, 9.17) is 4.74 Å². The summed E-state index contributed by atoms with van der Waals surface area (Å²) < 4.78 is 5.27. The van der Waals surface area contributed by atoms with Crippen molar-refractivity contribution < 1.29 is 14.5 Å². The number of anilines is 1. The molecule has 1 amide bonds. The summed E-state index contributed by atoms with van der Waals surface area (Å²) in [4.78, 5) is 22.7. The Morgan fingerprint density at radius 2 is 1.91 bits per heavy atom. The Morgan fingerprint density at radius 3 is 2.50 bits per heavy atom. The van der Waals surface area contributed by atoms with E-state index >= 15 is 0 Å². The molecule has 6 heteroatoms. The SMILES string of the molecule is COc1c(C)cccc1C(=O)Nc1ccc([N+](=O)[O-])cc1C. The van der Waals surface area contributed by atoms with Gasteiger partial charge in [-0.25, -0.2) is 0 Å². The number of para-hydroxylation sites is 1. The Labute approximate surface area is 127 Å². The first-order valence-electron chi connectivity index (χ1n) is 6.64. The number of carbonyl (C=O) groups excluding carboxylic acids is 1. The fourth-order valence-corrected chi connectivity index (χ4v) is 2.19. The van der Waals surface area contributed by atoms with Crippen molar-refractivity contribution in [2.75, 3.05) is 12.4 Å². The highest BCUT2D eigenvalue weighted by molar-refractivity contribution is 6.06. The Morgan fingerprint density at radius 1 is 1.18 bits per heavy atom. The molecule has 0 saturated carbocycles. The molecule has 0 heterocycles. The molecule has 0 fully saturated rings. The number of nitro groups is 1. The third kappa shape index (κ3) is 3.06. The molecule has 0 saturated heterocycles. The van der Waals surface area contributed by atoms with Gasteiger partial charge in [0.1, 0.15) is 5.75 Å². The van der Waals surface area contributed by atoms with Crippen molar-refractivity contribution >= 4 is 17.3 Å². The van der Waals surface area contributed by atoms with Gasteiger partial charge in [0, 0.05) is 17.8 Å². The Hall–Kier alpha value is -2.89. The topological polar surface area (TPSA) is 81.5 Å². The molecule has 22 heavy (non-hydrogen) atoms. The standard InChI is InChI=1S/C16H16N2O4/c1-10-5-4-6-13(15(10)22-3)16(19)17-14-8-7-12(18(20)21)9-11(14)2/h4-9H,1-3H3,(H,17,19). The van der Waals surface area contributed by atoms with Gasteiger partial charge >= 0.3 is 0 Å². The zero-order valence-electron chi connectivity index (χ0n) is 12.5. The largest absolute Gasteiger partial charge is 0.496 e. The second-order valence-corrected chi connectivity index (χ2v) is 4.87. The van der Waals surface area contributed by atoms with E-state index in [0.29, 0.717) is 22.6 Å². The van der Waals surface area contributed by atoms with Crippen molar-refractivity contribution in [1.29, 1.82) is 0 Å². The molecule has 2 aromatic rings. The number of aryl methyl sites for hydroxylation is 2. The van der Waals surface area contributed by atoms with Gasteiger partial charge in [0.05, 0.1) is 17.6 Å². The molecule has 0 aliphatic rings. The number of nitro benzene ring substituents is 1. The van der Waals surface area contributed by atoms with Crippen molar-refractivity contribution in [3.8, 4) is 5.75 Å². The van der Waals surface area contributed by atoms with Crippen molar-refractivity contribution in [1.82, 2.24) is 0 Å². The summed E-state index contributed by atoms with van der Waals surface area (Å²) in [6.07, 6.45) is 0. The molecule has 0 bridgehead atoms. The van der Waals surface area contributed by atoms with Gasteiger partial charge in [-0.2, -0.15) is 0 Å². The fourth-order valence-electron chi connectivity index (χ4n) is 2.19. The van der Waals surface area contributed by atoms with Crippen LogP contribution in [0.3, 0.4) is 0 Å². The number of benzene rings is 2. The van der Waals surface area contributed by atoms with Crippen LogP contribution in [0, 0.1) is 24.0 Å².